The number of nitrogens with one attached hydrogen (secondary N) is 3. The van der Waals surface area contributed by atoms with Gasteiger partial charge in [0.05, 0.1) is 12.7 Å². The molecule has 1 aromatic heterocycles. The number of amides is 5. The van der Waals surface area contributed by atoms with Crippen molar-refractivity contribution in [3.05, 3.63) is 71.8 Å². The first-order valence-corrected chi connectivity index (χ1v) is 18.4. The van der Waals surface area contributed by atoms with Crippen LogP contribution in [0.3, 0.4) is 0 Å². The molecule has 1 aliphatic carbocycles. The summed E-state index contributed by atoms with van der Waals surface area (Å²) >= 11 is 0. The standard InChI is InChI=1S/C38H47N7O8/c1-23(2)31(42-32(46)29-20-39-15-16-40-29)34(48)41-28-13-7-5-3-4-6-12-26-19-38(26,36(50)51)43-33(47)30-18-27(22-45(30)35(28)49)53-37(52)44-17-14-24-10-8-9-11-25(24)21-44/h6,8-12,15-16,20,23,26-28,30-31H,3-5,7,13-14,17-19,21-22H2,1-2H3,(H,41,48)(H,42,46)(H,43,47)(H,50,51)/b12-6-/t26-,27-,28+,30+,31?,38-/m1/s1. The Balaban J connectivity index is 1.23. The highest BCUT2D eigenvalue weighted by Crippen LogP contribution is 2.45. The summed E-state index contributed by atoms with van der Waals surface area (Å²) in [4.78, 5) is 92.0. The van der Waals surface area contributed by atoms with E-state index >= 15 is 0 Å². The molecule has 15 nitrogen and oxygen atoms in total. The van der Waals surface area contributed by atoms with Crippen LogP contribution in [0.25, 0.3) is 0 Å². The van der Waals surface area contributed by atoms with Gasteiger partial charge in [-0.2, -0.15) is 0 Å². The number of benzene rings is 1. The number of aromatic nitrogens is 2. The summed E-state index contributed by atoms with van der Waals surface area (Å²) in [5.41, 5.74) is 0.704. The molecule has 1 saturated carbocycles. The van der Waals surface area contributed by atoms with Crippen LogP contribution in [0.15, 0.2) is 55.0 Å². The molecule has 1 unspecified atom stereocenters. The predicted octanol–water partition coefficient (Wildman–Crippen LogP) is 2.36. The number of rotatable bonds is 7. The second-order valence-corrected chi connectivity index (χ2v) is 14.7. The molecule has 1 saturated heterocycles. The Morgan fingerprint density at radius 1 is 1.08 bits per heavy atom. The Kier molecular flexibility index (Phi) is 11.4. The molecule has 2 fully saturated rings. The molecule has 5 amide bonds. The van der Waals surface area contributed by atoms with Gasteiger partial charge in [-0.25, -0.2) is 14.6 Å². The van der Waals surface area contributed by atoms with Crippen LogP contribution in [-0.4, -0.2) is 103 Å². The van der Waals surface area contributed by atoms with Crippen molar-refractivity contribution in [2.45, 2.75) is 102 Å². The fourth-order valence-electron chi connectivity index (χ4n) is 7.44. The zero-order valence-corrected chi connectivity index (χ0v) is 30.0. The Bertz CT molecular complexity index is 1750. The van der Waals surface area contributed by atoms with E-state index in [1.165, 1.54) is 23.5 Å². The summed E-state index contributed by atoms with van der Waals surface area (Å²) in [6.45, 7) is 4.21. The van der Waals surface area contributed by atoms with E-state index in [1.54, 1.807) is 18.7 Å². The van der Waals surface area contributed by atoms with Crippen LogP contribution in [0.5, 0.6) is 0 Å². The molecule has 2 aromatic rings. The van der Waals surface area contributed by atoms with E-state index < -0.39 is 71.4 Å². The van der Waals surface area contributed by atoms with Crippen molar-refractivity contribution in [1.29, 1.82) is 0 Å². The lowest BCUT2D eigenvalue weighted by molar-refractivity contribution is -0.146. The van der Waals surface area contributed by atoms with Crippen LogP contribution < -0.4 is 16.0 Å². The summed E-state index contributed by atoms with van der Waals surface area (Å²) in [6.07, 6.45) is 10.3. The first-order valence-electron chi connectivity index (χ1n) is 18.4. The molecule has 53 heavy (non-hydrogen) atoms. The van der Waals surface area contributed by atoms with Crippen molar-refractivity contribution in [3.63, 3.8) is 0 Å². The second kappa shape index (κ2) is 16.1. The Hall–Kier alpha value is -5.34. The van der Waals surface area contributed by atoms with Crippen LogP contribution in [0.2, 0.25) is 0 Å². The molecule has 282 valence electrons. The van der Waals surface area contributed by atoms with Gasteiger partial charge in [-0.3, -0.25) is 24.2 Å². The topological polar surface area (TPSA) is 200 Å². The number of aliphatic carboxylic acids is 1. The summed E-state index contributed by atoms with van der Waals surface area (Å²) in [6, 6.07) is 4.59. The second-order valence-electron chi connectivity index (χ2n) is 14.7. The third-order valence-electron chi connectivity index (χ3n) is 10.6. The molecule has 15 heteroatoms. The molecule has 6 atom stereocenters. The molecule has 0 spiro atoms. The lowest BCUT2D eigenvalue weighted by Crippen LogP contribution is -2.58. The van der Waals surface area contributed by atoms with Crippen LogP contribution in [0.1, 0.15) is 80.4 Å². The van der Waals surface area contributed by atoms with Crippen molar-refractivity contribution in [2.24, 2.45) is 11.8 Å². The van der Waals surface area contributed by atoms with Crippen molar-refractivity contribution < 1.29 is 38.6 Å². The maximum Gasteiger partial charge on any atom is 0.410 e. The average Bonchev–Trinajstić information content (AvgIpc) is 3.69. The number of carbonyl (C=O) groups excluding carboxylic acids is 5. The van der Waals surface area contributed by atoms with Crippen LogP contribution >= 0.6 is 0 Å². The number of carboxylic acids is 1. The van der Waals surface area contributed by atoms with Crippen molar-refractivity contribution in [3.8, 4) is 0 Å². The number of hydrogen-bond acceptors (Lipinski definition) is 9. The minimum absolute atomic E-state index is 0.0299. The average molecular weight is 730 g/mol. The van der Waals surface area contributed by atoms with Crippen molar-refractivity contribution in [1.82, 2.24) is 35.7 Å². The first kappa shape index (κ1) is 37.4. The minimum Gasteiger partial charge on any atom is -0.479 e. The molecule has 0 radical (unpaired) electrons. The van der Waals surface area contributed by atoms with Gasteiger partial charge in [0.1, 0.15) is 35.5 Å². The number of allylic oxidation sites excluding steroid dienone is 1. The molecular weight excluding hydrogens is 682 g/mol. The van der Waals surface area contributed by atoms with Gasteiger partial charge >= 0.3 is 12.1 Å². The third-order valence-corrected chi connectivity index (χ3v) is 10.6. The quantitative estimate of drug-likeness (QED) is 0.307. The van der Waals surface area contributed by atoms with E-state index in [-0.39, 0.29) is 37.4 Å². The number of ether oxygens (including phenoxy) is 1. The monoisotopic (exact) mass is 729 g/mol. The zero-order chi connectivity index (χ0) is 37.7. The molecule has 4 aliphatic rings. The molecule has 6 rings (SSSR count). The number of carboxylic acid groups (broad SMARTS) is 1. The van der Waals surface area contributed by atoms with Gasteiger partial charge in [0.15, 0.2) is 0 Å². The number of carbonyl (C=O) groups is 6. The van der Waals surface area contributed by atoms with Crippen LogP contribution in [0, 0.1) is 11.8 Å². The van der Waals surface area contributed by atoms with E-state index in [9.17, 15) is 33.9 Å². The Morgan fingerprint density at radius 3 is 2.60 bits per heavy atom. The number of hydrogen-bond donors (Lipinski definition) is 4. The zero-order valence-electron chi connectivity index (χ0n) is 30.0. The number of fused-ring (bicyclic) bond motifs is 3. The van der Waals surface area contributed by atoms with Crippen molar-refractivity contribution >= 4 is 35.7 Å². The molecule has 4 heterocycles. The molecular formula is C38H47N7O8. The summed E-state index contributed by atoms with van der Waals surface area (Å²) in [5, 5.41) is 18.4. The SMILES string of the molecule is CC(C)C(NC(=O)c1cnccn1)C(=O)N[C@H]1CCCCC/C=C\[C@@H]2C[C@@]2(C(=O)O)NC(=O)[C@@H]2C[C@@H](OC(=O)N3CCc4ccccc4C3)CN2C1=O. The van der Waals surface area contributed by atoms with E-state index in [2.05, 4.69) is 25.9 Å². The third kappa shape index (κ3) is 8.50. The lowest BCUT2D eigenvalue weighted by atomic mass is 10.0. The fourth-order valence-corrected chi connectivity index (χ4v) is 7.44. The van der Waals surface area contributed by atoms with Gasteiger partial charge in [-0.15, -0.1) is 0 Å². The Morgan fingerprint density at radius 2 is 1.87 bits per heavy atom. The normalized spacial score (nSPS) is 27.1. The van der Waals surface area contributed by atoms with E-state index in [4.69, 9.17) is 4.74 Å². The summed E-state index contributed by atoms with van der Waals surface area (Å²) in [5.74, 6) is -4.34. The van der Waals surface area contributed by atoms with Gasteiger partial charge < -0.3 is 35.6 Å². The number of nitrogens with zero attached hydrogens (tertiary/aromatic N) is 4. The van der Waals surface area contributed by atoms with Crippen LogP contribution in [-0.2, 0) is 36.9 Å². The van der Waals surface area contributed by atoms with E-state index in [0.29, 0.717) is 32.4 Å². The highest BCUT2D eigenvalue weighted by atomic mass is 16.6. The smallest absolute Gasteiger partial charge is 0.410 e. The van der Waals surface area contributed by atoms with E-state index in [1.807, 2.05) is 36.4 Å². The Labute approximate surface area is 307 Å². The van der Waals surface area contributed by atoms with Gasteiger partial charge in [-0.05, 0) is 49.1 Å². The fraction of sp³-hybridized carbons (Fsp3) is 0.526. The first-order chi connectivity index (χ1) is 25.5. The lowest BCUT2D eigenvalue weighted by Gasteiger charge is -2.31. The summed E-state index contributed by atoms with van der Waals surface area (Å²) in [7, 11) is 0. The summed E-state index contributed by atoms with van der Waals surface area (Å²) < 4.78 is 5.93. The maximum absolute atomic E-state index is 14.5. The molecule has 3 aliphatic heterocycles. The van der Waals surface area contributed by atoms with Gasteiger partial charge in [0.25, 0.3) is 5.91 Å². The largest absolute Gasteiger partial charge is 0.479 e. The minimum atomic E-state index is -1.50. The maximum atomic E-state index is 14.5. The molecule has 1 aromatic carbocycles. The van der Waals surface area contributed by atoms with Gasteiger partial charge in [0.2, 0.25) is 17.7 Å². The molecule has 0 bridgehead atoms. The van der Waals surface area contributed by atoms with Gasteiger partial charge in [0, 0.05) is 37.8 Å². The van der Waals surface area contributed by atoms with E-state index in [0.717, 1.165) is 24.0 Å². The molecule has 4 N–H and O–H groups in total. The van der Waals surface area contributed by atoms with Gasteiger partial charge in [-0.1, -0.05) is 63.1 Å². The van der Waals surface area contributed by atoms with Crippen LogP contribution in [0.4, 0.5) is 4.79 Å². The highest BCUT2D eigenvalue weighted by Gasteiger charge is 2.61. The highest BCUT2D eigenvalue weighted by molar-refractivity contribution is 5.98. The predicted molar refractivity (Wildman–Crippen MR) is 190 cm³/mol. The van der Waals surface area contributed by atoms with Crippen molar-refractivity contribution in [2.75, 3.05) is 13.1 Å².